The van der Waals surface area contributed by atoms with E-state index >= 15 is 0 Å². The van der Waals surface area contributed by atoms with Crippen LogP contribution in [0.2, 0.25) is 15.1 Å². The fourth-order valence-electron chi connectivity index (χ4n) is 3.70. The number of esters is 1. The van der Waals surface area contributed by atoms with Crippen LogP contribution in [0.1, 0.15) is 37.5 Å². The van der Waals surface area contributed by atoms with Crippen molar-refractivity contribution in [2.45, 2.75) is 39.0 Å². The summed E-state index contributed by atoms with van der Waals surface area (Å²) in [6.07, 6.45) is 2.88. The SMILES string of the molecule is CC(=O)Oc1c(Cl)cc2c(Cl)c(-c3ccc(CCCCCC(=O)On4c(O)ccc4O)s3)c(=O)oc2c1Cl. The molecule has 0 amide bonds. The summed E-state index contributed by atoms with van der Waals surface area (Å²) in [6.45, 7) is 1.19. The Hall–Kier alpha value is -3.18. The van der Waals surface area contributed by atoms with Gasteiger partial charge in [0.1, 0.15) is 5.02 Å². The molecule has 0 saturated carbocycles. The maximum Gasteiger partial charge on any atom is 0.346 e. The van der Waals surface area contributed by atoms with Gasteiger partial charge >= 0.3 is 17.6 Å². The zero-order chi connectivity index (χ0) is 27.6. The molecule has 0 aliphatic carbocycles. The lowest BCUT2D eigenvalue weighted by atomic mass is 10.1. The van der Waals surface area contributed by atoms with Gasteiger partial charge in [-0.05, 0) is 37.5 Å². The first-order valence-corrected chi connectivity index (χ1v) is 13.2. The number of benzene rings is 1. The Balaban J connectivity index is 1.40. The van der Waals surface area contributed by atoms with Crippen molar-refractivity contribution >= 4 is 69.0 Å². The quantitative estimate of drug-likeness (QED) is 0.0980. The normalized spacial score (nSPS) is 11.2. The van der Waals surface area contributed by atoms with E-state index in [1.54, 1.807) is 6.07 Å². The minimum absolute atomic E-state index is 0.0384. The van der Waals surface area contributed by atoms with E-state index in [9.17, 15) is 24.6 Å². The molecule has 0 atom stereocenters. The van der Waals surface area contributed by atoms with Crippen LogP contribution in [0.5, 0.6) is 17.5 Å². The number of aromatic nitrogens is 1. The Labute approximate surface area is 234 Å². The maximum atomic E-state index is 12.8. The standard InChI is InChI=1S/C25H20Cl3NO8S/c1-12(30)35-24-15(26)11-14-21(27)20(25(34)36-23(14)22(24)28)16-8-7-13(38-16)5-3-2-4-6-19(33)37-29-17(31)9-10-18(29)32/h7-11,31-32H,2-6H2,1H3. The van der Waals surface area contributed by atoms with E-state index in [1.807, 2.05) is 6.07 Å². The highest BCUT2D eigenvalue weighted by molar-refractivity contribution is 7.15. The molecular formula is C25H20Cl3NO8S. The van der Waals surface area contributed by atoms with Gasteiger partial charge in [-0.2, -0.15) is 0 Å². The highest BCUT2D eigenvalue weighted by Gasteiger charge is 2.23. The van der Waals surface area contributed by atoms with Crippen LogP contribution in [0.3, 0.4) is 0 Å². The predicted molar refractivity (Wildman–Crippen MR) is 144 cm³/mol. The number of hydrogen-bond acceptors (Lipinski definition) is 9. The van der Waals surface area contributed by atoms with Gasteiger partial charge in [-0.1, -0.05) is 41.2 Å². The second kappa shape index (κ2) is 11.7. The first-order valence-electron chi connectivity index (χ1n) is 11.3. The van der Waals surface area contributed by atoms with Crippen molar-refractivity contribution in [1.29, 1.82) is 0 Å². The Morgan fingerprint density at radius 2 is 1.74 bits per heavy atom. The monoisotopic (exact) mass is 599 g/mol. The average Bonchev–Trinajstić information content (AvgIpc) is 3.44. The minimum Gasteiger partial charge on any atom is -0.492 e. The fraction of sp³-hybridized carbons (Fsp3) is 0.240. The Bertz CT molecular complexity index is 1570. The van der Waals surface area contributed by atoms with Crippen LogP contribution in [-0.4, -0.2) is 26.9 Å². The van der Waals surface area contributed by atoms with Crippen LogP contribution in [0.25, 0.3) is 21.4 Å². The number of fused-ring (bicyclic) bond motifs is 1. The number of hydrogen-bond donors (Lipinski definition) is 2. The molecule has 0 aliphatic rings. The predicted octanol–water partition coefficient (Wildman–Crippen LogP) is 6.38. The van der Waals surface area contributed by atoms with Crippen LogP contribution in [-0.2, 0) is 16.0 Å². The number of aromatic hydroxyl groups is 2. The molecule has 0 spiro atoms. The van der Waals surface area contributed by atoms with E-state index < -0.39 is 17.6 Å². The summed E-state index contributed by atoms with van der Waals surface area (Å²) in [5, 5.41) is 19.4. The molecular weight excluding hydrogens is 581 g/mol. The molecule has 3 heterocycles. The molecule has 200 valence electrons. The first kappa shape index (κ1) is 27.8. The summed E-state index contributed by atoms with van der Waals surface area (Å²) in [7, 11) is 0. The second-order valence-corrected chi connectivity index (χ2v) is 10.5. The van der Waals surface area contributed by atoms with E-state index in [2.05, 4.69) is 0 Å². The first-order chi connectivity index (χ1) is 18.1. The third-order valence-electron chi connectivity index (χ3n) is 5.43. The lowest BCUT2D eigenvalue weighted by molar-refractivity contribution is -0.145. The molecule has 4 rings (SSSR count). The molecule has 9 nitrogen and oxygen atoms in total. The van der Waals surface area contributed by atoms with Gasteiger partial charge in [0.25, 0.3) is 0 Å². The maximum absolute atomic E-state index is 12.8. The number of unbranched alkanes of at least 4 members (excludes halogenated alkanes) is 2. The number of carbonyl (C=O) groups is 2. The lowest BCUT2D eigenvalue weighted by Gasteiger charge is -2.11. The molecule has 0 aliphatic heterocycles. The number of nitrogens with zero attached hydrogens (tertiary/aromatic N) is 1. The van der Waals surface area contributed by atoms with E-state index in [4.69, 9.17) is 48.8 Å². The highest BCUT2D eigenvalue weighted by atomic mass is 35.5. The Kier molecular flexibility index (Phi) is 8.57. The summed E-state index contributed by atoms with van der Waals surface area (Å²) in [6, 6.07) is 7.50. The molecule has 2 N–H and O–H groups in total. The summed E-state index contributed by atoms with van der Waals surface area (Å²) in [5.74, 6) is -2.08. The molecule has 13 heteroatoms. The molecule has 0 unspecified atom stereocenters. The van der Waals surface area contributed by atoms with E-state index in [0.29, 0.717) is 27.8 Å². The van der Waals surface area contributed by atoms with E-state index in [-0.39, 0.29) is 50.1 Å². The third kappa shape index (κ3) is 5.94. The van der Waals surface area contributed by atoms with Crippen LogP contribution in [0.4, 0.5) is 0 Å². The topological polar surface area (TPSA) is 128 Å². The second-order valence-electron chi connectivity index (χ2n) is 8.18. The Morgan fingerprint density at radius 1 is 1.03 bits per heavy atom. The molecule has 0 bridgehead atoms. The lowest BCUT2D eigenvalue weighted by Crippen LogP contribution is -2.18. The van der Waals surface area contributed by atoms with Gasteiger partial charge in [0.2, 0.25) is 11.8 Å². The van der Waals surface area contributed by atoms with Crippen molar-refractivity contribution < 1.29 is 33.8 Å². The highest BCUT2D eigenvalue weighted by Crippen LogP contribution is 2.43. The summed E-state index contributed by atoms with van der Waals surface area (Å²) >= 11 is 20.5. The van der Waals surface area contributed by atoms with Crippen LogP contribution in [0.15, 0.2) is 39.5 Å². The molecule has 3 aromatic heterocycles. The fourth-order valence-corrected chi connectivity index (χ4v) is 5.73. The van der Waals surface area contributed by atoms with Crippen molar-refractivity contribution in [2.24, 2.45) is 0 Å². The summed E-state index contributed by atoms with van der Waals surface area (Å²) < 4.78 is 11.1. The number of aryl methyl sites for hydroxylation is 1. The zero-order valence-electron chi connectivity index (χ0n) is 19.8. The van der Waals surface area contributed by atoms with Gasteiger partial charge in [-0.15, -0.1) is 16.1 Å². The van der Waals surface area contributed by atoms with Gasteiger partial charge in [0, 0.05) is 40.6 Å². The van der Waals surface area contributed by atoms with Crippen molar-refractivity contribution in [3.8, 4) is 28.0 Å². The van der Waals surface area contributed by atoms with Gasteiger partial charge < -0.3 is 24.2 Å². The van der Waals surface area contributed by atoms with Crippen molar-refractivity contribution in [3.05, 3.63) is 60.7 Å². The van der Waals surface area contributed by atoms with Crippen molar-refractivity contribution in [2.75, 3.05) is 0 Å². The molecule has 0 radical (unpaired) electrons. The molecule has 0 fully saturated rings. The third-order valence-corrected chi connectivity index (χ3v) is 7.61. The summed E-state index contributed by atoms with van der Waals surface area (Å²) in [5.41, 5.74) is -0.571. The van der Waals surface area contributed by atoms with Crippen LogP contribution < -0.4 is 15.2 Å². The largest absolute Gasteiger partial charge is 0.492 e. The van der Waals surface area contributed by atoms with E-state index in [1.165, 1.54) is 36.5 Å². The van der Waals surface area contributed by atoms with Crippen LogP contribution >= 0.6 is 46.1 Å². The zero-order valence-corrected chi connectivity index (χ0v) is 22.8. The van der Waals surface area contributed by atoms with Gasteiger partial charge in [-0.25, -0.2) is 9.59 Å². The molecule has 1 aromatic carbocycles. The van der Waals surface area contributed by atoms with Crippen LogP contribution in [0, 0.1) is 0 Å². The number of rotatable bonds is 9. The molecule has 0 saturated heterocycles. The van der Waals surface area contributed by atoms with Crippen molar-refractivity contribution in [1.82, 2.24) is 4.73 Å². The molecule has 38 heavy (non-hydrogen) atoms. The van der Waals surface area contributed by atoms with Crippen molar-refractivity contribution in [3.63, 3.8) is 0 Å². The number of ether oxygens (including phenoxy) is 1. The van der Waals surface area contributed by atoms with Gasteiger partial charge in [0.15, 0.2) is 11.3 Å². The van der Waals surface area contributed by atoms with E-state index in [0.717, 1.165) is 17.7 Å². The van der Waals surface area contributed by atoms with Gasteiger partial charge in [0.05, 0.1) is 15.6 Å². The number of halogens is 3. The minimum atomic E-state index is -0.702. The average molecular weight is 601 g/mol. The molecule has 4 aromatic rings. The summed E-state index contributed by atoms with van der Waals surface area (Å²) in [4.78, 5) is 42.6. The smallest absolute Gasteiger partial charge is 0.346 e. The number of carbonyl (C=O) groups excluding carboxylic acids is 2. The number of thiophene rings is 1. The van der Waals surface area contributed by atoms with Gasteiger partial charge in [-0.3, -0.25) is 4.79 Å². The Morgan fingerprint density at radius 3 is 2.42 bits per heavy atom.